The molecule has 0 bridgehead atoms. The number of hydrogen-bond donors (Lipinski definition) is 4. The van der Waals surface area contributed by atoms with Crippen LogP contribution in [0.2, 0.25) is 0 Å². The van der Waals surface area contributed by atoms with Gasteiger partial charge in [0, 0.05) is 32.0 Å². The van der Waals surface area contributed by atoms with E-state index in [9.17, 15) is 13.5 Å². The smallest absolute Gasteiger partial charge is 0.242 e. The molecule has 2 rings (SSSR count). The van der Waals surface area contributed by atoms with Crippen LogP contribution in [0.15, 0.2) is 51.0 Å². The molecule has 10 heteroatoms. The molecule has 0 aromatic carbocycles. The van der Waals surface area contributed by atoms with Gasteiger partial charge in [0.25, 0.3) is 0 Å². The lowest BCUT2D eigenvalue weighted by Gasteiger charge is -2.19. The standard InChI is InChI=1S/C18H27N5O4S/c1-4-20-17(22-13-18(3,24)16-8-7-14(2)27-16)21-10-11-23-28(25,26)15-6-5-9-19-12-15/h5-9,12,23-24H,4,10-11,13H2,1-3H3,(H2,20,21,22). The molecule has 0 aliphatic carbocycles. The molecule has 0 saturated heterocycles. The highest BCUT2D eigenvalue weighted by atomic mass is 32.2. The average Bonchev–Trinajstić information content (AvgIpc) is 3.11. The van der Waals surface area contributed by atoms with Crippen molar-refractivity contribution in [3.63, 3.8) is 0 Å². The van der Waals surface area contributed by atoms with Crippen molar-refractivity contribution in [3.8, 4) is 0 Å². The van der Waals surface area contributed by atoms with E-state index < -0.39 is 15.6 Å². The summed E-state index contributed by atoms with van der Waals surface area (Å²) in [5.41, 5.74) is -1.25. The van der Waals surface area contributed by atoms with Crippen molar-refractivity contribution in [2.45, 2.75) is 31.3 Å². The van der Waals surface area contributed by atoms with Gasteiger partial charge in [0.05, 0.1) is 6.54 Å². The average molecular weight is 410 g/mol. The summed E-state index contributed by atoms with van der Waals surface area (Å²) in [6, 6.07) is 6.55. The van der Waals surface area contributed by atoms with Gasteiger partial charge in [0.1, 0.15) is 22.0 Å². The zero-order valence-corrected chi connectivity index (χ0v) is 17.1. The van der Waals surface area contributed by atoms with Crippen LogP contribution in [-0.2, 0) is 15.6 Å². The fourth-order valence-electron chi connectivity index (χ4n) is 2.33. The molecule has 2 aromatic heterocycles. The van der Waals surface area contributed by atoms with E-state index >= 15 is 0 Å². The first-order valence-electron chi connectivity index (χ1n) is 8.96. The lowest BCUT2D eigenvalue weighted by atomic mass is 10.0. The highest BCUT2D eigenvalue weighted by Crippen LogP contribution is 2.22. The Hall–Kier alpha value is -2.43. The lowest BCUT2D eigenvalue weighted by molar-refractivity contribution is 0.0428. The maximum atomic E-state index is 12.2. The van der Waals surface area contributed by atoms with Crippen molar-refractivity contribution in [1.29, 1.82) is 0 Å². The van der Waals surface area contributed by atoms with Gasteiger partial charge in [-0.3, -0.25) is 4.98 Å². The molecular weight excluding hydrogens is 382 g/mol. The van der Waals surface area contributed by atoms with Crippen LogP contribution >= 0.6 is 0 Å². The molecule has 4 N–H and O–H groups in total. The lowest BCUT2D eigenvalue weighted by Crippen LogP contribution is -2.42. The first-order valence-corrected chi connectivity index (χ1v) is 10.4. The third-order valence-electron chi connectivity index (χ3n) is 3.81. The molecule has 0 fully saturated rings. The maximum Gasteiger partial charge on any atom is 0.242 e. The van der Waals surface area contributed by atoms with Gasteiger partial charge in [0.15, 0.2) is 5.96 Å². The van der Waals surface area contributed by atoms with E-state index in [0.717, 1.165) is 0 Å². The minimum atomic E-state index is -3.60. The molecule has 9 nitrogen and oxygen atoms in total. The number of hydrogen-bond acceptors (Lipinski definition) is 6. The van der Waals surface area contributed by atoms with E-state index in [0.29, 0.717) is 30.6 Å². The van der Waals surface area contributed by atoms with Gasteiger partial charge < -0.3 is 20.2 Å². The normalized spacial score (nSPS) is 14.5. The van der Waals surface area contributed by atoms with Gasteiger partial charge in [-0.05, 0) is 45.0 Å². The third-order valence-corrected chi connectivity index (χ3v) is 5.26. The summed E-state index contributed by atoms with van der Waals surface area (Å²) in [6.07, 6.45) is 2.80. The van der Waals surface area contributed by atoms with Crippen LogP contribution in [0.5, 0.6) is 0 Å². The number of aryl methyl sites for hydroxylation is 1. The number of rotatable bonds is 9. The van der Waals surface area contributed by atoms with Crippen molar-refractivity contribution < 1.29 is 17.9 Å². The molecule has 0 aliphatic heterocycles. The Morgan fingerprint density at radius 3 is 2.68 bits per heavy atom. The van der Waals surface area contributed by atoms with Crippen molar-refractivity contribution in [2.24, 2.45) is 4.99 Å². The number of aliphatic hydroxyl groups is 1. The van der Waals surface area contributed by atoms with Crippen LogP contribution in [0.4, 0.5) is 0 Å². The van der Waals surface area contributed by atoms with E-state index in [1.54, 1.807) is 32.0 Å². The topological polar surface area (TPSA) is 129 Å². The van der Waals surface area contributed by atoms with E-state index in [-0.39, 0.29) is 18.0 Å². The van der Waals surface area contributed by atoms with Crippen LogP contribution in [0.25, 0.3) is 0 Å². The third kappa shape index (κ3) is 6.32. The highest BCUT2D eigenvalue weighted by molar-refractivity contribution is 7.89. The van der Waals surface area contributed by atoms with Crippen LogP contribution < -0.4 is 15.4 Å². The van der Waals surface area contributed by atoms with Gasteiger partial charge in [-0.15, -0.1) is 0 Å². The number of pyridine rings is 1. The second-order valence-corrected chi connectivity index (χ2v) is 8.16. The Morgan fingerprint density at radius 2 is 2.07 bits per heavy atom. The largest absolute Gasteiger partial charge is 0.463 e. The molecule has 2 aromatic rings. The summed E-state index contributed by atoms with van der Waals surface area (Å²) in [4.78, 5) is 8.28. The van der Waals surface area contributed by atoms with Gasteiger partial charge in [-0.1, -0.05) is 0 Å². The van der Waals surface area contributed by atoms with Crippen molar-refractivity contribution in [1.82, 2.24) is 20.3 Å². The first kappa shape index (κ1) is 21.9. The number of aromatic nitrogens is 1. The minimum absolute atomic E-state index is 0.0801. The fraction of sp³-hybridized carbons (Fsp3) is 0.444. The summed E-state index contributed by atoms with van der Waals surface area (Å²) in [7, 11) is -3.60. The van der Waals surface area contributed by atoms with E-state index in [1.807, 2.05) is 6.92 Å². The summed E-state index contributed by atoms with van der Waals surface area (Å²) in [5.74, 6) is 1.62. The van der Waals surface area contributed by atoms with Crippen LogP contribution in [0, 0.1) is 6.92 Å². The Kier molecular flexibility index (Phi) is 7.55. The monoisotopic (exact) mass is 409 g/mol. The SMILES string of the molecule is CCNC(=NCC(C)(O)c1ccc(C)o1)NCCNS(=O)(=O)c1cccnc1. The fourth-order valence-corrected chi connectivity index (χ4v) is 3.33. The number of sulfonamides is 1. The highest BCUT2D eigenvalue weighted by Gasteiger charge is 2.26. The van der Waals surface area contributed by atoms with Gasteiger partial charge in [-0.25, -0.2) is 18.1 Å². The predicted molar refractivity (Wildman–Crippen MR) is 106 cm³/mol. The second kappa shape index (κ2) is 9.67. The molecule has 2 heterocycles. The van der Waals surface area contributed by atoms with Crippen molar-refractivity contribution >= 4 is 16.0 Å². The molecule has 0 saturated carbocycles. The van der Waals surface area contributed by atoms with E-state index in [4.69, 9.17) is 4.42 Å². The molecule has 154 valence electrons. The van der Waals surface area contributed by atoms with Crippen molar-refractivity contribution in [2.75, 3.05) is 26.2 Å². The Labute approximate surface area is 165 Å². The number of furan rings is 1. The first-order chi connectivity index (χ1) is 13.2. The van der Waals surface area contributed by atoms with Gasteiger partial charge >= 0.3 is 0 Å². The Bertz CT molecular complexity index is 878. The molecule has 28 heavy (non-hydrogen) atoms. The molecule has 0 aliphatic rings. The van der Waals surface area contributed by atoms with Crippen molar-refractivity contribution in [3.05, 3.63) is 48.2 Å². The molecule has 1 unspecified atom stereocenters. The number of nitrogens with zero attached hydrogens (tertiary/aromatic N) is 2. The Morgan fingerprint density at radius 1 is 1.29 bits per heavy atom. The van der Waals surface area contributed by atoms with Gasteiger partial charge in [0.2, 0.25) is 10.0 Å². The Balaban J connectivity index is 1.89. The van der Waals surface area contributed by atoms with E-state index in [2.05, 4.69) is 25.3 Å². The quantitative estimate of drug-likeness (QED) is 0.273. The second-order valence-electron chi connectivity index (χ2n) is 6.39. The van der Waals surface area contributed by atoms with Crippen LogP contribution in [0.1, 0.15) is 25.4 Å². The maximum absolute atomic E-state index is 12.2. The van der Waals surface area contributed by atoms with Crippen LogP contribution in [-0.4, -0.2) is 50.6 Å². The summed E-state index contributed by atoms with van der Waals surface area (Å²) < 4.78 is 32.3. The predicted octanol–water partition coefficient (Wildman–Crippen LogP) is 0.724. The summed E-state index contributed by atoms with van der Waals surface area (Å²) >= 11 is 0. The summed E-state index contributed by atoms with van der Waals surface area (Å²) in [5, 5.41) is 16.6. The molecule has 1 atom stereocenters. The molecule has 0 radical (unpaired) electrons. The minimum Gasteiger partial charge on any atom is -0.463 e. The van der Waals surface area contributed by atoms with Crippen LogP contribution in [0.3, 0.4) is 0 Å². The molecule has 0 spiro atoms. The zero-order valence-electron chi connectivity index (χ0n) is 16.3. The van der Waals surface area contributed by atoms with E-state index in [1.165, 1.54) is 18.5 Å². The molecular formula is C18H27N5O4S. The number of nitrogens with one attached hydrogen (secondary N) is 3. The number of guanidine groups is 1. The number of aliphatic imine (C=N–C) groups is 1. The summed E-state index contributed by atoms with van der Waals surface area (Å²) in [6.45, 7) is 6.52. The van der Waals surface area contributed by atoms with Gasteiger partial charge in [-0.2, -0.15) is 0 Å². The molecule has 0 amide bonds. The zero-order chi connectivity index (χ0) is 20.6.